The molecule has 0 bridgehead atoms. The summed E-state index contributed by atoms with van der Waals surface area (Å²) in [5.74, 6) is 1.58. The number of carbonyl (C=O) groups excluding carboxylic acids is 1. The molecule has 0 atom stereocenters. The standard InChI is InChI=1S/C26H36N4O3/c1-5-7-8-24(19-11-12-19)30(32-4)26(31)29-23-15-20(22(27)16-25(23)33-6-2)17-28-21-13-9-18(3)10-14-21/h5,7-8,15-19,21H,1,6,9-14H2,2-4H3,(H2-,27,28,29,31)/p+1/b8-7-,30-24-. The van der Waals surface area contributed by atoms with E-state index in [9.17, 15) is 4.79 Å². The number of ether oxygens (including phenoxy) is 1. The first-order chi connectivity index (χ1) is 16.0. The van der Waals surface area contributed by atoms with Crippen LogP contribution >= 0.6 is 0 Å². The molecule has 1 aromatic rings. The van der Waals surface area contributed by atoms with E-state index in [0.29, 0.717) is 35.7 Å². The minimum atomic E-state index is -0.400. The van der Waals surface area contributed by atoms with Crippen LogP contribution in [0.3, 0.4) is 0 Å². The van der Waals surface area contributed by atoms with Crippen LogP contribution in [0.4, 0.5) is 16.2 Å². The van der Waals surface area contributed by atoms with Crippen LogP contribution in [-0.4, -0.2) is 42.5 Å². The Morgan fingerprint density at radius 1 is 1.27 bits per heavy atom. The first kappa shape index (κ1) is 24.6. The normalized spacial score (nSPS) is 21.7. The predicted octanol–water partition coefficient (Wildman–Crippen LogP) is 5.36. The number of hydrogen-bond acceptors (Lipinski definition) is 5. The Labute approximate surface area is 197 Å². The Balaban J connectivity index is 1.87. The van der Waals surface area contributed by atoms with Gasteiger partial charge < -0.3 is 15.3 Å². The van der Waals surface area contributed by atoms with Crippen LogP contribution in [0.2, 0.25) is 0 Å². The van der Waals surface area contributed by atoms with Crippen molar-refractivity contribution in [2.24, 2.45) is 16.8 Å². The first-order valence-electron chi connectivity index (χ1n) is 11.9. The molecule has 0 spiro atoms. The van der Waals surface area contributed by atoms with E-state index < -0.39 is 6.03 Å². The van der Waals surface area contributed by atoms with Gasteiger partial charge in [-0.15, -0.1) is 0 Å². The van der Waals surface area contributed by atoms with E-state index in [-0.39, 0.29) is 0 Å². The number of nitrogens with two attached hydrogens (primary N) is 1. The zero-order valence-electron chi connectivity index (χ0n) is 20.0. The molecule has 2 fully saturated rings. The van der Waals surface area contributed by atoms with E-state index in [4.69, 9.17) is 20.3 Å². The van der Waals surface area contributed by atoms with Crippen LogP contribution in [0.5, 0.6) is 5.75 Å². The lowest BCUT2D eigenvalue weighted by Gasteiger charge is -2.23. The van der Waals surface area contributed by atoms with Gasteiger partial charge in [0.05, 0.1) is 6.61 Å². The monoisotopic (exact) mass is 453 g/mol. The van der Waals surface area contributed by atoms with Gasteiger partial charge in [-0.3, -0.25) is 4.99 Å². The number of rotatable bonds is 9. The third kappa shape index (κ3) is 6.70. The smallest absolute Gasteiger partial charge is 0.489 e. The molecule has 0 heterocycles. The molecule has 1 aromatic carbocycles. The van der Waals surface area contributed by atoms with Crippen LogP contribution in [0, 0.1) is 11.8 Å². The van der Waals surface area contributed by atoms with E-state index >= 15 is 0 Å². The quantitative estimate of drug-likeness (QED) is 0.173. The fourth-order valence-corrected chi connectivity index (χ4v) is 4.06. The highest BCUT2D eigenvalue weighted by atomic mass is 16.7. The van der Waals surface area contributed by atoms with Crippen LogP contribution in [0.25, 0.3) is 0 Å². The van der Waals surface area contributed by atoms with Gasteiger partial charge in [-0.1, -0.05) is 25.7 Å². The maximum atomic E-state index is 13.2. The fourth-order valence-electron chi connectivity index (χ4n) is 4.06. The minimum absolute atomic E-state index is 0.297. The topological polar surface area (TPSA) is 89.0 Å². The molecule has 2 amide bonds. The van der Waals surface area contributed by atoms with Crippen LogP contribution < -0.4 is 15.8 Å². The summed E-state index contributed by atoms with van der Waals surface area (Å²) in [5.41, 5.74) is 8.94. The Kier molecular flexibility index (Phi) is 8.69. The van der Waals surface area contributed by atoms with E-state index in [0.717, 1.165) is 42.9 Å². The number of urea groups is 1. The van der Waals surface area contributed by atoms with Crippen molar-refractivity contribution in [3.05, 3.63) is 42.5 Å². The number of amides is 2. The van der Waals surface area contributed by atoms with Crippen LogP contribution in [0.1, 0.15) is 57.9 Å². The largest absolute Gasteiger partial charge is 0.535 e. The van der Waals surface area contributed by atoms with Gasteiger partial charge in [-0.05, 0) is 68.2 Å². The van der Waals surface area contributed by atoms with E-state index in [1.807, 2.05) is 31.4 Å². The van der Waals surface area contributed by atoms with Crippen molar-refractivity contribution < 1.29 is 19.1 Å². The molecule has 178 valence electrons. The summed E-state index contributed by atoms with van der Waals surface area (Å²) in [6.07, 6.45) is 13.8. The van der Waals surface area contributed by atoms with Gasteiger partial charge in [0, 0.05) is 35.5 Å². The summed E-state index contributed by atoms with van der Waals surface area (Å²) >= 11 is 0. The van der Waals surface area contributed by atoms with Gasteiger partial charge in [0.15, 0.2) is 17.1 Å². The number of aliphatic imine (C=N–C) groups is 1. The Bertz CT molecular complexity index is 939. The summed E-state index contributed by atoms with van der Waals surface area (Å²) < 4.78 is 7.04. The third-order valence-electron chi connectivity index (χ3n) is 6.14. The van der Waals surface area contributed by atoms with Gasteiger partial charge in [-0.2, -0.15) is 10.1 Å². The Hall–Kier alpha value is -3.09. The van der Waals surface area contributed by atoms with Gasteiger partial charge in [0.2, 0.25) is 0 Å². The minimum Gasteiger partial charge on any atom is -0.489 e. The fraction of sp³-hybridized carbons (Fsp3) is 0.500. The van der Waals surface area contributed by atoms with Crippen molar-refractivity contribution in [2.75, 3.05) is 24.8 Å². The van der Waals surface area contributed by atoms with Crippen molar-refractivity contribution in [1.82, 2.24) is 0 Å². The highest BCUT2D eigenvalue weighted by Gasteiger charge is 2.35. The summed E-state index contributed by atoms with van der Waals surface area (Å²) in [5, 5.41) is 2.94. The second-order valence-corrected chi connectivity index (χ2v) is 8.80. The number of benzene rings is 1. The number of carbonyl (C=O) groups is 1. The molecule has 7 heteroatoms. The van der Waals surface area contributed by atoms with Crippen molar-refractivity contribution >= 4 is 29.3 Å². The Morgan fingerprint density at radius 3 is 2.61 bits per heavy atom. The number of nitrogen functional groups attached to an aromatic ring is 1. The second-order valence-electron chi connectivity index (χ2n) is 8.80. The third-order valence-corrected chi connectivity index (χ3v) is 6.14. The van der Waals surface area contributed by atoms with E-state index in [1.165, 1.54) is 24.7 Å². The molecule has 3 N–H and O–H groups in total. The molecule has 2 aliphatic carbocycles. The summed E-state index contributed by atoms with van der Waals surface area (Å²) in [7, 11) is 1.49. The number of nitrogens with one attached hydrogen (secondary N) is 1. The van der Waals surface area contributed by atoms with Crippen molar-refractivity contribution in [3.8, 4) is 5.75 Å². The summed E-state index contributed by atoms with van der Waals surface area (Å²) in [6, 6.07) is 3.48. The lowest BCUT2D eigenvalue weighted by molar-refractivity contribution is -0.705. The van der Waals surface area contributed by atoms with E-state index in [1.54, 1.807) is 12.1 Å². The molecular weight excluding hydrogens is 416 g/mol. The highest BCUT2D eigenvalue weighted by Crippen LogP contribution is 2.33. The van der Waals surface area contributed by atoms with Gasteiger partial charge in [-0.25, -0.2) is 0 Å². The first-order valence-corrected chi connectivity index (χ1v) is 11.9. The van der Waals surface area contributed by atoms with Crippen LogP contribution in [0.15, 0.2) is 41.9 Å². The van der Waals surface area contributed by atoms with Gasteiger partial charge >= 0.3 is 6.03 Å². The maximum Gasteiger partial charge on any atom is 0.535 e. The molecule has 0 saturated heterocycles. The number of hydroxylamine groups is 1. The molecule has 2 saturated carbocycles. The SMILES string of the molecule is C=C/C=C\C(C1CC1)=[N+](\OC)C(=O)Nc1cc(C=NC2CCC(C)CC2)c(N)cc1OCC. The number of hydrogen-bond donors (Lipinski definition) is 2. The average Bonchev–Trinajstić information content (AvgIpc) is 3.64. The molecular formula is C26H37N4O3+. The van der Waals surface area contributed by atoms with Crippen LogP contribution in [-0.2, 0) is 4.84 Å². The average molecular weight is 454 g/mol. The lowest BCUT2D eigenvalue weighted by atomic mass is 9.88. The molecule has 33 heavy (non-hydrogen) atoms. The molecule has 2 aliphatic rings. The van der Waals surface area contributed by atoms with E-state index in [2.05, 4.69) is 18.8 Å². The van der Waals surface area contributed by atoms with Gasteiger partial charge in [0.25, 0.3) is 0 Å². The van der Waals surface area contributed by atoms with Gasteiger partial charge in [0.1, 0.15) is 7.11 Å². The number of anilines is 2. The molecule has 7 nitrogen and oxygen atoms in total. The zero-order chi connectivity index (χ0) is 23.8. The van der Waals surface area contributed by atoms with Crippen molar-refractivity contribution in [3.63, 3.8) is 0 Å². The number of nitrogens with zero attached hydrogens (tertiary/aromatic N) is 2. The molecule has 0 aliphatic heterocycles. The van der Waals surface area contributed by atoms with Crippen molar-refractivity contribution in [2.45, 2.75) is 58.4 Å². The molecule has 3 rings (SSSR count). The molecule has 0 unspecified atom stereocenters. The summed E-state index contributed by atoms with van der Waals surface area (Å²) in [6.45, 7) is 8.35. The maximum absolute atomic E-state index is 13.2. The second kappa shape index (κ2) is 11.7. The number of allylic oxidation sites excluding steroid dienone is 3. The zero-order valence-corrected chi connectivity index (χ0v) is 20.0. The lowest BCUT2D eigenvalue weighted by Crippen LogP contribution is -2.31. The Morgan fingerprint density at radius 2 is 2.00 bits per heavy atom. The summed E-state index contributed by atoms with van der Waals surface area (Å²) in [4.78, 5) is 23.4. The highest BCUT2D eigenvalue weighted by molar-refractivity contribution is 6.00. The predicted molar refractivity (Wildman–Crippen MR) is 134 cm³/mol. The molecule has 0 aromatic heterocycles. The van der Waals surface area contributed by atoms with Crippen molar-refractivity contribution in [1.29, 1.82) is 0 Å². The molecule has 0 radical (unpaired) electrons.